The summed E-state index contributed by atoms with van der Waals surface area (Å²) in [5.41, 5.74) is 4.33. The third kappa shape index (κ3) is 3.13. The van der Waals surface area contributed by atoms with Crippen LogP contribution in [0.2, 0.25) is 5.02 Å². The van der Waals surface area contributed by atoms with Gasteiger partial charge in [-0.25, -0.2) is 4.98 Å². The molecule has 0 fully saturated rings. The number of aryl methyl sites for hydroxylation is 2. The second-order valence-corrected chi connectivity index (χ2v) is 5.53. The molecule has 0 amide bonds. The van der Waals surface area contributed by atoms with Crippen molar-refractivity contribution in [2.24, 2.45) is 0 Å². The number of halogens is 1. The van der Waals surface area contributed by atoms with E-state index in [2.05, 4.69) is 25.4 Å². The van der Waals surface area contributed by atoms with Crippen LogP contribution in [0.25, 0.3) is 0 Å². The van der Waals surface area contributed by atoms with Crippen molar-refractivity contribution in [1.82, 2.24) is 25.4 Å². The highest BCUT2D eigenvalue weighted by Crippen LogP contribution is 2.15. The Morgan fingerprint density at radius 2 is 1.95 bits per heavy atom. The first-order valence-corrected chi connectivity index (χ1v) is 7.14. The van der Waals surface area contributed by atoms with Crippen molar-refractivity contribution in [3.05, 3.63) is 63.5 Å². The third-order valence-corrected chi connectivity index (χ3v) is 3.69. The fourth-order valence-electron chi connectivity index (χ4n) is 2.33. The third-order valence-electron chi connectivity index (χ3n) is 3.45. The van der Waals surface area contributed by atoms with Gasteiger partial charge in [-0.2, -0.15) is 10.2 Å². The van der Waals surface area contributed by atoms with Crippen LogP contribution in [0.3, 0.4) is 0 Å². The quantitative estimate of drug-likeness (QED) is 0.778. The normalized spacial score (nSPS) is 11.0. The lowest BCUT2D eigenvalue weighted by Gasteiger charge is -1.98. The largest absolute Gasteiger partial charge is 0.282 e. The van der Waals surface area contributed by atoms with Gasteiger partial charge >= 0.3 is 0 Å². The minimum absolute atomic E-state index is 0.681. The molecular formula is C15H16ClN5. The minimum Gasteiger partial charge on any atom is -0.282 e. The molecule has 0 saturated heterocycles. The molecule has 2 N–H and O–H groups in total. The maximum atomic E-state index is 5.99. The Labute approximate surface area is 127 Å². The maximum Gasteiger partial charge on any atom is 0.155 e. The number of H-pyrrole nitrogens is 2. The molecule has 0 aliphatic heterocycles. The lowest BCUT2D eigenvalue weighted by atomic mass is 10.1. The molecule has 2 aromatic heterocycles. The van der Waals surface area contributed by atoms with E-state index in [0.29, 0.717) is 12.8 Å². The smallest absolute Gasteiger partial charge is 0.155 e. The molecule has 21 heavy (non-hydrogen) atoms. The first kappa shape index (κ1) is 13.8. The van der Waals surface area contributed by atoms with E-state index in [1.807, 2.05) is 38.1 Å². The molecule has 3 rings (SSSR count). The minimum atomic E-state index is 0.681. The van der Waals surface area contributed by atoms with Gasteiger partial charge < -0.3 is 0 Å². The zero-order valence-electron chi connectivity index (χ0n) is 11.9. The van der Waals surface area contributed by atoms with E-state index >= 15 is 0 Å². The standard InChI is InChI=1S/C15H16ClN5/c1-9-13(10(2)19-18-9)8-15-17-14(20-21-15)7-11-4-3-5-12(16)6-11/h3-6H,7-8H2,1-2H3,(H,18,19)(H,17,20,21). The van der Waals surface area contributed by atoms with Crippen LogP contribution < -0.4 is 0 Å². The van der Waals surface area contributed by atoms with Gasteiger partial charge in [-0.1, -0.05) is 23.7 Å². The van der Waals surface area contributed by atoms with Crippen molar-refractivity contribution in [1.29, 1.82) is 0 Å². The van der Waals surface area contributed by atoms with Crippen molar-refractivity contribution in [3.63, 3.8) is 0 Å². The van der Waals surface area contributed by atoms with E-state index in [1.165, 1.54) is 0 Å². The van der Waals surface area contributed by atoms with Crippen LogP contribution >= 0.6 is 11.6 Å². The summed E-state index contributed by atoms with van der Waals surface area (Å²) in [6.07, 6.45) is 1.37. The molecule has 0 unspecified atom stereocenters. The van der Waals surface area contributed by atoms with Crippen LogP contribution in [0, 0.1) is 13.8 Å². The van der Waals surface area contributed by atoms with Crippen LogP contribution in [-0.4, -0.2) is 25.4 Å². The molecule has 0 saturated carbocycles. The highest BCUT2D eigenvalue weighted by Gasteiger charge is 2.11. The molecule has 0 radical (unpaired) electrons. The molecule has 6 heteroatoms. The zero-order valence-corrected chi connectivity index (χ0v) is 12.7. The number of hydrogen-bond donors (Lipinski definition) is 2. The summed E-state index contributed by atoms with van der Waals surface area (Å²) in [5, 5.41) is 15.2. The fraction of sp³-hybridized carbons (Fsp3) is 0.267. The van der Waals surface area contributed by atoms with E-state index in [9.17, 15) is 0 Å². The summed E-state index contributed by atoms with van der Waals surface area (Å²) in [7, 11) is 0. The van der Waals surface area contributed by atoms with Gasteiger partial charge in [0.25, 0.3) is 0 Å². The topological polar surface area (TPSA) is 70.2 Å². The first-order chi connectivity index (χ1) is 10.1. The summed E-state index contributed by atoms with van der Waals surface area (Å²) < 4.78 is 0. The van der Waals surface area contributed by atoms with E-state index in [0.717, 1.165) is 39.2 Å². The van der Waals surface area contributed by atoms with Crippen molar-refractivity contribution in [3.8, 4) is 0 Å². The average Bonchev–Trinajstić information content (AvgIpc) is 3.01. The molecule has 0 aliphatic rings. The van der Waals surface area contributed by atoms with Crippen LogP contribution in [0.1, 0.15) is 34.2 Å². The van der Waals surface area contributed by atoms with Gasteiger partial charge in [-0.15, -0.1) is 0 Å². The van der Waals surface area contributed by atoms with Crippen molar-refractivity contribution in [2.45, 2.75) is 26.7 Å². The van der Waals surface area contributed by atoms with Crippen LogP contribution in [0.5, 0.6) is 0 Å². The number of aromatic nitrogens is 5. The Morgan fingerprint density at radius 1 is 1.10 bits per heavy atom. The van der Waals surface area contributed by atoms with Gasteiger partial charge in [0.2, 0.25) is 0 Å². The molecular weight excluding hydrogens is 286 g/mol. The highest BCUT2D eigenvalue weighted by molar-refractivity contribution is 6.30. The summed E-state index contributed by atoms with van der Waals surface area (Å²) in [6.45, 7) is 3.99. The SMILES string of the molecule is Cc1n[nH]c(C)c1Cc1n[nH]c(Cc2cccc(Cl)c2)n1. The van der Waals surface area contributed by atoms with E-state index < -0.39 is 0 Å². The Morgan fingerprint density at radius 3 is 2.67 bits per heavy atom. The van der Waals surface area contributed by atoms with Gasteiger partial charge in [-0.3, -0.25) is 10.2 Å². The molecule has 108 valence electrons. The number of nitrogens with zero attached hydrogens (tertiary/aromatic N) is 3. The highest BCUT2D eigenvalue weighted by atomic mass is 35.5. The predicted octanol–water partition coefficient (Wildman–Crippen LogP) is 2.98. The van der Waals surface area contributed by atoms with E-state index in [4.69, 9.17) is 11.6 Å². The van der Waals surface area contributed by atoms with E-state index in [-0.39, 0.29) is 0 Å². The Balaban J connectivity index is 1.75. The van der Waals surface area contributed by atoms with Crippen molar-refractivity contribution in [2.75, 3.05) is 0 Å². The lowest BCUT2D eigenvalue weighted by Crippen LogP contribution is -1.95. The van der Waals surface area contributed by atoms with Crippen molar-refractivity contribution < 1.29 is 0 Å². The van der Waals surface area contributed by atoms with E-state index in [1.54, 1.807) is 0 Å². The van der Waals surface area contributed by atoms with Gasteiger partial charge in [0.15, 0.2) is 5.82 Å². The molecule has 0 atom stereocenters. The molecule has 1 aromatic carbocycles. The molecule has 5 nitrogen and oxygen atoms in total. The summed E-state index contributed by atoms with van der Waals surface area (Å²) >= 11 is 5.99. The molecule has 3 aromatic rings. The second kappa shape index (κ2) is 5.69. The number of aromatic amines is 2. The zero-order chi connectivity index (χ0) is 14.8. The molecule has 0 spiro atoms. The number of nitrogens with one attached hydrogen (secondary N) is 2. The van der Waals surface area contributed by atoms with Gasteiger partial charge in [-0.05, 0) is 31.5 Å². The van der Waals surface area contributed by atoms with Gasteiger partial charge in [0.05, 0.1) is 5.69 Å². The van der Waals surface area contributed by atoms with Gasteiger partial charge in [0.1, 0.15) is 5.82 Å². The summed E-state index contributed by atoms with van der Waals surface area (Å²) in [6, 6.07) is 7.76. The Kier molecular flexibility index (Phi) is 3.75. The Bertz CT molecular complexity index is 740. The lowest BCUT2D eigenvalue weighted by molar-refractivity contribution is 0.952. The van der Waals surface area contributed by atoms with Crippen molar-refractivity contribution >= 4 is 11.6 Å². The first-order valence-electron chi connectivity index (χ1n) is 6.77. The number of benzene rings is 1. The number of hydrogen-bond acceptors (Lipinski definition) is 3. The summed E-state index contributed by atoms with van der Waals surface area (Å²) in [4.78, 5) is 4.54. The second-order valence-electron chi connectivity index (χ2n) is 5.09. The van der Waals surface area contributed by atoms with Gasteiger partial charge in [0, 0.05) is 29.1 Å². The van der Waals surface area contributed by atoms with Crippen LogP contribution in [0.15, 0.2) is 24.3 Å². The Hall–Kier alpha value is -2.14. The average molecular weight is 302 g/mol. The molecule has 0 bridgehead atoms. The maximum absolute atomic E-state index is 5.99. The van der Waals surface area contributed by atoms with Crippen LogP contribution in [-0.2, 0) is 12.8 Å². The predicted molar refractivity (Wildman–Crippen MR) is 81.5 cm³/mol. The molecule has 2 heterocycles. The van der Waals surface area contributed by atoms with Crippen LogP contribution in [0.4, 0.5) is 0 Å². The number of rotatable bonds is 4. The molecule has 0 aliphatic carbocycles. The fourth-order valence-corrected chi connectivity index (χ4v) is 2.54. The monoisotopic (exact) mass is 301 g/mol. The summed E-state index contributed by atoms with van der Waals surface area (Å²) in [5.74, 6) is 1.62.